The van der Waals surface area contributed by atoms with E-state index in [9.17, 15) is 4.79 Å². The number of carbonyl (C=O) groups excluding carboxylic acids is 1. The maximum Gasteiger partial charge on any atom is 0.360 e. The van der Waals surface area contributed by atoms with Crippen molar-refractivity contribution in [2.75, 3.05) is 12.8 Å². The number of rotatable bonds is 2. The lowest BCUT2D eigenvalue weighted by Gasteiger charge is -2.57. The third-order valence-electron chi connectivity index (χ3n) is 5.70. The monoisotopic (exact) mass is 275 g/mol. The van der Waals surface area contributed by atoms with E-state index >= 15 is 0 Å². The fourth-order valence-electron chi connectivity index (χ4n) is 5.35. The Morgan fingerprint density at radius 2 is 1.85 bits per heavy atom. The highest BCUT2D eigenvalue weighted by molar-refractivity contribution is 5.92. The Bertz CT molecular complexity index is 528. The Balaban J connectivity index is 1.74. The summed E-state index contributed by atoms with van der Waals surface area (Å²) >= 11 is 0. The van der Waals surface area contributed by atoms with Gasteiger partial charge in [-0.25, -0.2) is 9.78 Å². The predicted molar refractivity (Wildman–Crippen MR) is 74.1 cm³/mol. The van der Waals surface area contributed by atoms with Crippen LogP contribution in [-0.2, 0) is 10.3 Å². The third-order valence-corrected chi connectivity index (χ3v) is 5.70. The molecule has 1 aromatic rings. The summed E-state index contributed by atoms with van der Waals surface area (Å²) in [5.74, 6) is 2.56. The van der Waals surface area contributed by atoms with Crippen LogP contribution >= 0.6 is 0 Å². The first-order valence-corrected chi connectivity index (χ1v) is 7.53. The largest absolute Gasteiger partial charge is 0.464 e. The molecule has 20 heavy (non-hydrogen) atoms. The van der Waals surface area contributed by atoms with Crippen molar-refractivity contribution in [2.24, 2.45) is 17.8 Å². The van der Waals surface area contributed by atoms with Gasteiger partial charge < -0.3 is 15.0 Å². The van der Waals surface area contributed by atoms with Gasteiger partial charge in [0.15, 0.2) is 5.69 Å². The number of imidazole rings is 1. The summed E-state index contributed by atoms with van der Waals surface area (Å²) in [5.41, 5.74) is 6.58. The van der Waals surface area contributed by atoms with E-state index in [-0.39, 0.29) is 11.2 Å². The normalized spacial score (nSPS) is 38.1. The SMILES string of the molecule is COC(=O)c1ncn(C23CC4CC(CC(C4)C2)C3)c1N. The van der Waals surface area contributed by atoms with Gasteiger partial charge in [-0.05, 0) is 56.3 Å². The van der Waals surface area contributed by atoms with Crippen molar-refractivity contribution in [1.29, 1.82) is 0 Å². The summed E-state index contributed by atoms with van der Waals surface area (Å²) < 4.78 is 6.84. The molecule has 0 aromatic carbocycles. The number of methoxy groups -OCH3 is 1. The van der Waals surface area contributed by atoms with Crippen LogP contribution in [0.5, 0.6) is 0 Å². The van der Waals surface area contributed by atoms with E-state index in [1.807, 2.05) is 0 Å². The van der Waals surface area contributed by atoms with E-state index in [0.29, 0.717) is 5.82 Å². The van der Waals surface area contributed by atoms with Crippen LogP contribution in [-0.4, -0.2) is 22.6 Å². The van der Waals surface area contributed by atoms with E-state index in [1.54, 1.807) is 6.33 Å². The molecular formula is C15H21N3O2. The quantitative estimate of drug-likeness (QED) is 0.840. The molecule has 0 amide bonds. The Hall–Kier alpha value is -1.52. The van der Waals surface area contributed by atoms with Gasteiger partial charge in [-0.1, -0.05) is 0 Å². The molecule has 4 saturated carbocycles. The van der Waals surface area contributed by atoms with E-state index in [4.69, 9.17) is 10.5 Å². The topological polar surface area (TPSA) is 70.1 Å². The van der Waals surface area contributed by atoms with Crippen molar-refractivity contribution < 1.29 is 9.53 Å². The number of hydrogen-bond acceptors (Lipinski definition) is 4. The van der Waals surface area contributed by atoms with Gasteiger partial charge in [0.25, 0.3) is 0 Å². The number of aromatic nitrogens is 2. The molecule has 4 aliphatic carbocycles. The number of anilines is 1. The summed E-state index contributed by atoms with van der Waals surface area (Å²) in [5, 5.41) is 0. The van der Waals surface area contributed by atoms with Crippen LogP contribution < -0.4 is 5.73 Å². The molecule has 5 heteroatoms. The Morgan fingerprint density at radius 3 is 2.35 bits per heavy atom. The fourth-order valence-corrected chi connectivity index (χ4v) is 5.35. The predicted octanol–water partition coefficient (Wildman–Crippen LogP) is 2.18. The average Bonchev–Trinajstić information content (AvgIpc) is 2.79. The highest BCUT2D eigenvalue weighted by Crippen LogP contribution is 2.59. The van der Waals surface area contributed by atoms with Crippen molar-refractivity contribution in [3.8, 4) is 0 Å². The van der Waals surface area contributed by atoms with Crippen molar-refractivity contribution in [2.45, 2.75) is 44.1 Å². The first-order chi connectivity index (χ1) is 9.61. The number of ether oxygens (including phenoxy) is 1. The Kier molecular flexibility index (Phi) is 2.44. The molecule has 5 rings (SSSR count). The molecule has 4 bridgehead atoms. The van der Waals surface area contributed by atoms with E-state index in [2.05, 4.69) is 9.55 Å². The van der Waals surface area contributed by atoms with Gasteiger partial charge in [-0.15, -0.1) is 0 Å². The molecule has 0 aliphatic heterocycles. The van der Waals surface area contributed by atoms with Crippen molar-refractivity contribution >= 4 is 11.8 Å². The lowest BCUT2D eigenvalue weighted by molar-refractivity contribution is -0.0420. The van der Waals surface area contributed by atoms with Gasteiger partial charge in [0.05, 0.1) is 13.4 Å². The molecule has 0 atom stereocenters. The van der Waals surface area contributed by atoms with Crippen LogP contribution in [0, 0.1) is 17.8 Å². The highest BCUT2D eigenvalue weighted by atomic mass is 16.5. The zero-order valence-corrected chi connectivity index (χ0v) is 11.8. The minimum atomic E-state index is -0.439. The third kappa shape index (κ3) is 1.55. The lowest BCUT2D eigenvalue weighted by atomic mass is 9.53. The lowest BCUT2D eigenvalue weighted by Crippen LogP contribution is -2.51. The number of hydrogen-bond donors (Lipinski definition) is 1. The molecule has 4 aliphatic rings. The first-order valence-electron chi connectivity index (χ1n) is 7.53. The van der Waals surface area contributed by atoms with E-state index in [1.165, 1.54) is 45.6 Å². The van der Waals surface area contributed by atoms with Gasteiger partial charge in [0, 0.05) is 5.54 Å². The van der Waals surface area contributed by atoms with Gasteiger partial charge in [0.2, 0.25) is 0 Å². The van der Waals surface area contributed by atoms with Gasteiger partial charge in [-0.2, -0.15) is 0 Å². The fraction of sp³-hybridized carbons (Fsp3) is 0.733. The maximum absolute atomic E-state index is 11.7. The first kappa shape index (κ1) is 12.2. The van der Waals surface area contributed by atoms with E-state index < -0.39 is 5.97 Å². The summed E-state index contributed by atoms with van der Waals surface area (Å²) in [6.07, 6.45) is 9.50. The zero-order valence-electron chi connectivity index (χ0n) is 11.8. The summed E-state index contributed by atoms with van der Waals surface area (Å²) in [6.45, 7) is 0. The van der Waals surface area contributed by atoms with Crippen molar-refractivity contribution in [3.05, 3.63) is 12.0 Å². The summed E-state index contributed by atoms with van der Waals surface area (Å²) in [6, 6.07) is 0. The van der Waals surface area contributed by atoms with Gasteiger partial charge in [0.1, 0.15) is 5.82 Å². The molecule has 1 heterocycles. The van der Waals surface area contributed by atoms with Crippen LogP contribution in [0.1, 0.15) is 49.0 Å². The minimum absolute atomic E-state index is 0.109. The molecule has 2 N–H and O–H groups in total. The van der Waals surface area contributed by atoms with Crippen LogP contribution in [0.4, 0.5) is 5.82 Å². The zero-order chi connectivity index (χ0) is 13.9. The number of esters is 1. The summed E-state index contributed by atoms with van der Waals surface area (Å²) in [7, 11) is 1.37. The van der Waals surface area contributed by atoms with Crippen molar-refractivity contribution in [1.82, 2.24) is 9.55 Å². The van der Waals surface area contributed by atoms with Crippen LogP contribution in [0.25, 0.3) is 0 Å². The second kappa shape index (κ2) is 3.99. The molecule has 0 spiro atoms. The smallest absolute Gasteiger partial charge is 0.360 e. The van der Waals surface area contributed by atoms with Gasteiger partial charge in [-0.3, -0.25) is 0 Å². The molecule has 5 nitrogen and oxygen atoms in total. The van der Waals surface area contributed by atoms with E-state index in [0.717, 1.165) is 17.8 Å². The maximum atomic E-state index is 11.7. The Labute approximate surface area is 118 Å². The molecule has 108 valence electrons. The second-order valence-electron chi connectivity index (χ2n) is 6.98. The number of nitrogen functional groups attached to an aromatic ring is 1. The minimum Gasteiger partial charge on any atom is -0.464 e. The summed E-state index contributed by atoms with van der Waals surface area (Å²) in [4.78, 5) is 15.9. The Morgan fingerprint density at radius 1 is 1.30 bits per heavy atom. The molecule has 0 unspecified atom stereocenters. The molecular weight excluding hydrogens is 254 g/mol. The molecule has 0 radical (unpaired) electrons. The number of nitrogens with zero attached hydrogens (tertiary/aromatic N) is 2. The van der Waals surface area contributed by atoms with Crippen molar-refractivity contribution in [3.63, 3.8) is 0 Å². The molecule has 4 fully saturated rings. The standard InChI is InChI=1S/C15H21N3O2/c1-20-14(19)12-13(16)18(8-17-12)15-5-9-2-10(6-15)4-11(3-9)7-15/h8-11H,2-7,16H2,1H3. The van der Waals surface area contributed by atoms with Crippen LogP contribution in [0.15, 0.2) is 6.33 Å². The van der Waals surface area contributed by atoms with Gasteiger partial charge >= 0.3 is 5.97 Å². The average molecular weight is 275 g/mol. The molecule has 0 saturated heterocycles. The number of carbonyl (C=O) groups is 1. The highest BCUT2D eigenvalue weighted by Gasteiger charge is 2.52. The molecule has 1 aromatic heterocycles. The number of nitrogens with two attached hydrogens (primary N) is 1. The van der Waals surface area contributed by atoms with Crippen LogP contribution in [0.2, 0.25) is 0 Å². The van der Waals surface area contributed by atoms with Crippen LogP contribution in [0.3, 0.4) is 0 Å². The second-order valence-corrected chi connectivity index (χ2v) is 6.98.